The Kier molecular flexibility index (Phi) is 6.22. The van der Waals surface area contributed by atoms with Crippen molar-refractivity contribution in [3.8, 4) is 0 Å². The smallest absolute Gasteiger partial charge is 0.0652 e. The number of rotatable bonds is 5. The number of nitrogens with one attached hydrogen (secondary N) is 1. The molecule has 0 saturated heterocycles. The average molecular weight is 279 g/mol. The molecule has 4 heteroatoms. The fourth-order valence-corrected chi connectivity index (χ4v) is 1.98. The molecule has 0 aromatic heterocycles. The van der Waals surface area contributed by atoms with Gasteiger partial charge in [0.05, 0.1) is 10.0 Å². The van der Waals surface area contributed by atoms with Crippen LogP contribution in [0, 0.1) is 0 Å². The van der Waals surface area contributed by atoms with Crippen LogP contribution in [-0.2, 0) is 6.54 Å². The number of benzene rings is 1. The summed E-state index contributed by atoms with van der Waals surface area (Å²) in [5.41, 5.74) is 0.858. The minimum atomic E-state index is 0.535. The Bertz CT molecular complexity index is 375. The summed E-state index contributed by atoms with van der Waals surface area (Å²) >= 11 is 18.0. The van der Waals surface area contributed by atoms with Crippen molar-refractivity contribution in [2.75, 3.05) is 6.54 Å². The van der Waals surface area contributed by atoms with Crippen LogP contribution in [0.15, 0.2) is 24.3 Å². The van der Waals surface area contributed by atoms with Crippen LogP contribution in [-0.4, -0.2) is 6.54 Å². The fourth-order valence-electron chi connectivity index (χ4n) is 1.30. The highest BCUT2D eigenvalue weighted by Gasteiger charge is 2.08. The van der Waals surface area contributed by atoms with E-state index in [4.69, 9.17) is 34.8 Å². The number of hydrogen-bond acceptors (Lipinski definition) is 1. The van der Waals surface area contributed by atoms with Crippen LogP contribution >= 0.6 is 34.8 Å². The van der Waals surface area contributed by atoms with Gasteiger partial charge in [0, 0.05) is 17.1 Å². The SMILES string of the molecule is C/C=C/CCNCc1c(Cl)ccc(Cl)c1Cl. The Morgan fingerprint density at radius 3 is 2.56 bits per heavy atom. The van der Waals surface area contributed by atoms with E-state index in [1.807, 2.05) is 13.0 Å². The van der Waals surface area contributed by atoms with Gasteiger partial charge < -0.3 is 5.32 Å². The van der Waals surface area contributed by atoms with Crippen molar-refractivity contribution in [3.05, 3.63) is 44.9 Å². The molecule has 0 bridgehead atoms. The molecular formula is C12H14Cl3N. The van der Waals surface area contributed by atoms with Gasteiger partial charge in [0.25, 0.3) is 0 Å². The predicted octanol–water partition coefficient (Wildman–Crippen LogP) is 4.70. The van der Waals surface area contributed by atoms with E-state index in [0.717, 1.165) is 18.5 Å². The van der Waals surface area contributed by atoms with Gasteiger partial charge in [-0.1, -0.05) is 47.0 Å². The molecule has 88 valence electrons. The van der Waals surface area contributed by atoms with Gasteiger partial charge in [-0.3, -0.25) is 0 Å². The summed E-state index contributed by atoms with van der Waals surface area (Å²) in [7, 11) is 0. The second-order valence-electron chi connectivity index (χ2n) is 3.36. The first-order valence-corrected chi connectivity index (χ1v) is 6.24. The van der Waals surface area contributed by atoms with Crippen LogP contribution < -0.4 is 5.32 Å². The topological polar surface area (TPSA) is 12.0 Å². The minimum Gasteiger partial charge on any atom is -0.312 e. The van der Waals surface area contributed by atoms with E-state index in [0.29, 0.717) is 21.6 Å². The van der Waals surface area contributed by atoms with Crippen molar-refractivity contribution in [1.82, 2.24) is 5.32 Å². The lowest BCUT2D eigenvalue weighted by Crippen LogP contribution is -2.14. The van der Waals surface area contributed by atoms with E-state index in [1.54, 1.807) is 12.1 Å². The monoisotopic (exact) mass is 277 g/mol. The Morgan fingerprint density at radius 2 is 1.88 bits per heavy atom. The van der Waals surface area contributed by atoms with Crippen molar-refractivity contribution >= 4 is 34.8 Å². The lowest BCUT2D eigenvalue weighted by atomic mass is 10.2. The molecule has 0 unspecified atom stereocenters. The number of allylic oxidation sites excluding steroid dienone is 1. The molecule has 0 aliphatic carbocycles. The molecule has 0 heterocycles. The summed E-state index contributed by atoms with van der Waals surface area (Å²) in [5.74, 6) is 0. The molecule has 0 amide bonds. The molecule has 1 aromatic carbocycles. The molecular weight excluding hydrogens is 264 g/mol. The van der Waals surface area contributed by atoms with E-state index in [1.165, 1.54) is 0 Å². The van der Waals surface area contributed by atoms with Crippen molar-refractivity contribution in [2.24, 2.45) is 0 Å². The third-order valence-electron chi connectivity index (χ3n) is 2.16. The lowest BCUT2D eigenvalue weighted by Gasteiger charge is -2.09. The second-order valence-corrected chi connectivity index (χ2v) is 4.55. The Hall–Kier alpha value is -0.210. The maximum Gasteiger partial charge on any atom is 0.0652 e. The molecule has 1 rings (SSSR count). The van der Waals surface area contributed by atoms with Gasteiger partial charge >= 0.3 is 0 Å². The first-order valence-electron chi connectivity index (χ1n) is 5.11. The van der Waals surface area contributed by atoms with Crippen LogP contribution in [0.4, 0.5) is 0 Å². The van der Waals surface area contributed by atoms with Crippen molar-refractivity contribution in [2.45, 2.75) is 19.9 Å². The Labute approximate surface area is 111 Å². The maximum absolute atomic E-state index is 6.07. The quantitative estimate of drug-likeness (QED) is 0.467. The van der Waals surface area contributed by atoms with E-state index in [2.05, 4.69) is 11.4 Å². The second kappa shape index (κ2) is 7.18. The molecule has 0 aliphatic heterocycles. The highest BCUT2D eigenvalue weighted by molar-refractivity contribution is 6.44. The Balaban J connectivity index is 2.56. The van der Waals surface area contributed by atoms with Crippen molar-refractivity contribution < 1.29 is 0 Å². The minimum absolute atomic E-state index is 0.535. The molecule has 0 fully saturated rings. The predicted molar refractivity (Wildman–Crippen MR) is 72.6 cm³/mol. The third-order valence-corrected chi connectivity index (χ3v) is 3.36. The van der Waals surface area contributed by atoms with Crippen molar-refractivity contribution in [1.29, 1.82) is 0 Å². The third kappa shape index (κ3) is 3.99. The number of halogens is 3. The van der Waals surface area contributed by atoms with Gasteiger partial charge in [-0.25, -0.2) is 0 Å². The summed E-state index contributed by atoms with van der Waals surface area (Å²) in [6.07, 6.45) is 5.13. The highest BCUT2D eigenvalue weighted by Crippen LogP contribution is 2.31. The normalized spacial score (nSPS) is 11.2. The number of hydrogen-bond donors (Lipinski definition) is 1. The van der Waals surface area contributed by atoms with E-state index < -0.39 is 0 Å². The van der Waals surface area contributed by atoms with Gasteiger partial charge in [-0.15, -0.1) is 0 Å². The molecule has 1 nitrogen and oxygen atoms in total. The largest absolute Gasteiger partial charge is 0.312 e. The van der Waals surface area contributed by atoms with E-state index in [9.17, 15) is 0 Å². The molecule has 0 aliphatic rings. The zero-order chi connectivity index (χ0) is 12.0. The first kappa shape index (κ1) is 13.9. The zero-order valence-electron chi connectivity index (χ0n) is 9.06. The molecule has 0 spiro atoms. The highest BCUT2D eigenvalue weighted by atomic mass is 35.5. The molecule has 16 heavy (non-hydrogen) atoms. The van der Waals surface area contributed by atoms with Gasteiger partial charge in [-0.2, -0.15) is 0 Å². The molecule has 1 aromatic rings. The summed E-state index contributed by atoms with van der Waals surface area (Å²) in [5, 5.41) is 4.99. The molecule has 1 N–H and O–H groups in total. The summed E-state index contributed by atoms with van der Waals surface area (Å²) in [6.45, 7) is 3.53. The Morgan fingerprint density at radius 1 is 1.19 bits per heavy atom. The van der Waals surface area contributed by atoms with Crippen LogP contribution in [0.2, 0.25) is 15.1 Å². The van der Waals surface area contributed by atoms with Crippen LogP contribution in [0.3, 0.4) is 0 Å². The summed E-state index contributed by atoms with van der Waals surface area (Å²) in [4.78, 5) is 0. The zero-order valence-corrected chi connectivity index (χ0v) is 11.3. The first-order chi connectivity index (χ1) is 7.66. The van der Waals surface area contributed by atoms with Crippen LogP contribution in [0.25, 0.3) is 0 Å². The summed E-state index contributed by atoms with van der Waals surface area (Å²) in [6, 6.07) is 3.47. The molecule has 0 saturated carbocycles. The van der Waals surface area contributed by atoms with E-state index in [-0.39, 0.29) is 0 Å². The van der Waals surface area contributed by atoms with Crippen LogP contribution in [0.5, 0.6) is 0 Å². The molecule has 0 radical (unpaired) electrons. The van der Waals surface area contributed by atoms with Gasteiger partial charge in [0.15, 0.2) is 0 Å². The molecule has 0 atom stereocenters. The standard InChI is InChI=1S/C12H14Cl3N/c1-2-3-4-7-16-8-9-10(13)5-6-11(14)12(9)15/h2-3,5-6,16H,4,7-8H2,1H3/b3-2+. The maximum atomic E-state index is 6.07. The van der Waals surface area contributed by atoms with Gasteiger partial charge in [-0.05, 0) is 32.0 Å². The fraction of sp³-hybridized carbons (Fsp3) is 0.333. The summed E-state index contributed by atoms with van der Waals surface area (Å²) < 4.78 is 0. The van der Waals surface area contributed by atoms with Gasteiger partial charge in [0.2, 0.25) is 0 Å². The van der Waals surface area contributed by atoms with Gasteiger partial charge in [0.1, 0.15) is 0 Å². The van der Waals surface area contributed by atoms with E-state index >= 15 is 0 Å². The average Bonchev–Trinajstić information content (AvgIpc) is 2.28. The van der Waals surface area contributed by atoms with Crippen molar-refractivity contribution in [3.63, 3.8) is 0 Å². The van der Waals surface area contributed by atoms with Crippen LogP contribution in [0.1, 0.15) is 18.9 Å². The lowest BCUT2D eigenvalue weighted by molar-refractivity contribution is 0.695.